The Balaban J connectivity index is 1.87. The van der Waals surface area contributed by atoms with Gasteiger partial charge in [0.1, 0.15) is 0 Å². The monoisotopic (exact) mass is 257 g/mol. The number of rotatable bonds is 2. The zero-order valence-corrected chi connectivity index (χ0v) is 11.1. The molecule has 18 heavy (non-hydrogen) atoms. The van der Waals surface area contributed by atoms with Crippen LogP contribution in [0.1, 0.15) is 16.7 Å². The van der Waals surface area contributed by atoms with Crippen LogP contribution in [0.25, 0.3) is 0 Å². The molecule has 0 radical (unpaired) electrons. The predicted octanol–water partition coefficient (Wildman–Crippen LogP) is 3.08. The zero-order valence-electron chi connectivity index (χ0n) is 10.3. The Morgan fingerprint density at radius 1 is 1.11 bits per heavy atom. The number of aryl methyl sites for hydroxylation is 1. The quantitative estimate of drug-likeness (QED) is 0.895. The standard InChI is InChI=1S/C15H15NOS/c1-11-2-4-12(5-3-11)8-13-6-7-14-15(9-13)18(17)10-16-14/h2-7,9,16H,8,10H2,1H3. The van der Waals surface area contributed by atoms with Crippen molar-refractivity contribution in [2.75, 3.05) is 11.2 Å². The molecule has 0 saturated carbocycles. The molecule has 3 rings (SSSR count). The molecule has 3 heteroatoms. The summed E-state index contributed by atoms with van der Waals surface area (Å²) >= 11 is 0. The van der Waals surface area contributed by atoms with E-state index in [2.05, 4.69) is 48.6 Å². The van der Waals surface area contributed by atoms with Gasteiger partial charge < -0.3 is 5.32 Å². The number of hydrogen-bond acceptors (Lipinski definition) is 2. The van der Waals surface area contributed by atoms with E-state index in [4.69, 9.17) is 0 Å². The van der Waals surface area contributed by atoms with Crippen LogP contribution in [0.3, 0.4) is 0 Å². The second kappa shape index (κ2) is 4.58. The van der Waals surface area contributed by atoms with E-state index in [1.165, 1.54) is 16.7 Å². The largest absolute Gasteiger partial charge is 0.372 e. The van der Waals surface area contributed by atoms with Crippen molar-refractivity contribution in [1.82, 2.24) is 0 Å². The van der Waals surface area contributed by atoms with Crippen molar-refractivity contribution in [1.29, 1.82) is 0 Å². The Morgan fingerprint density at radius 2 is 1.83 bits per heavy atom. The van der Waals surface area contributed by atoms with Crippen LogP contribution in [0.4, 0.5) is 5.69 Å². The van der Waals surface area contributed by atoms with Gasteiger partial charge in [-0.05, 0) is 36.6 Å². The normalized spacial score (nSPS) is 17.3. The molecule has 2 aromatic rings. The molecule has 1 aliphatic heterocycles. The van der Waals surface area contributed by atoms with Gasteiger partial charge in [-0.1, -0.05) is 35.9 Å². The zero-order chi connectivity index (χ0) is 12.5. The molecule has 0 saturated heterocycles. The van der Waals surface area contributed by atoms with Crippen molar-refractivity contribution in [3.63, 3.8) is 0 Å². The first-order valence-corrected chi connectivity index (χ1v) is 7.35. The molecule has 2 aromatic carbocycles. The van der Waals surface area contributed by atoms with Gasteiger partial charge in [0.25, 0.3) is 0 Å². The molecule has 2 nitrogen and oxygen atoms in total. The summed E-state index contributed by atoms with van der Waals surface area (Å²) in [5, 5.41) is 3.15. The second-order valence-electron chi connectivity index (χ2n) is 4.66. The van der Waals surface area contributed by atoms with Gasteiger partial charge >= 0.3 is 0 Å². The van der Waals surface area contributed by atoms with Gasteiger partial charge in [0.2, 0.25) is 0 Å². The lowest BCUT2D eigenvalue weighted by Crippen LogP contribution is -1.94. The summed E-state index contributed by atoms with van der Waals surface area (Å²) in [5.41, 5.74) is 4.80. The fourth-order valence-corrected chi connectivity index (χ4v) is 3.28. The number of anilines is 1. The summed E-state index contributed by atoms with van der Waals surface area (Å²) in [6.07, 6.45) is 0.894. The first-order chi connectivity index (χ1) is 8.72. The van der Waals surface area contributed by atoms with E-state index in [0.29, 0.717) is 5.88 Å². The van der Waals surface area contributed by atoms with E-state index in [-0.39, 0.29) is 0 Å². The van der Waals surface area contributed by atoms with Crippen molar-refractivity contribution in [3.05, 3.63) is 59.2 Å². The summed E-state index contributed by atoms with van der Waals surface area (Å²) in [5.74, 6) is 0.545. The SMILES string of the molecule is Cc1ccc(Cc2ccc3c(c2)S(=O)CN3)cc1. The molecule has 1 aliphatic rings. The van der Waals surface area contributed by atoms with Gasteiger partial charge in [-0.3, -0.25) is 4.21 Å². The van der Waals surface area contributed by atoms with Gasteiger partial charge in [-0.25, -0.2) is 0 Å². The van der Waals surface area contributed by atoms with E-state index >= 15 is 0 Å². The Bertz CT molecular complexity index is 604. The van der Waals surface area contributed by atoms with Crippen molar-refractivity contribution in [2.24, 2.45) is 0 Å². The van der Waals surface area contributed by atoms with Crippen LogP contribution in [0.5, 0.6) is 0 Å². The predicted molar refractivity (Wildman–Crippen MR) is 75.3 cm³/mol. The lowest BCUT2D eigenvalue weighted by molar-refractivity contribution is 0.686. The number of fused-ring (bicyclic) bond motifs is 1. The summed E-state index contributed by atoms with van der Waals surface area (Å²) < 4.78 is 11.8. The minimum absolute atomic E-state index is 0.545. The van der Waals surface area contributed by atoms with Crippen LogP contribution >= 0.6 is 0 Å². The van der Waals surface area contributed by atoms with Crippen molar-refractivity contribution in [2.45, 2.75) is 18.2 Å². The Labute approximate surface area is 110 Å². The molecule has 1 N–H and O–H groups in total. The number of hydrogen-bond donors (Lipinski definition) is 1. The van der Waals surface area contributed by atoms with Crippen LogP contribution in [0.15, 0.2) is 47.4 Å². The molecule has 0 fully saturated rings. The second-order valence-corrected chi connectivity index (χ2v) is 6.08. The minimum atomic E-state index is -0.881. The molecule has 1 atom stereocenters. The molecule has 0 amide bonds. The highest BCUT2D eigenvalue weighted by atomic mass is 32.2. The van der Waals surface area contributed by atoms with Gasteiger partial charge in [0.05, 0.1) is 27.3 Å². The maximum atomic E-state index is 11.8. The van der Waals surface area contributed by atoms with Crippen molar-refractivity contribution < 1.29 is 4.21 Å². The Hall–Kier alpha value is -1.61. The maximum Gasteiger partial charge on any atom is 0.0959 e. The number of benzene rings is 2. The lowest BCUT2D eigenvalue weighted by atomic mass is 10.0. The lowest BCUT2D eigenvalue weighted by Gasteiger charge is -2.05. The van der Waals surface area contributed by atoms with Crippen LogP contribution in [-0.2, 0) is 17.2 Å². The molecule has 0 bridgehead atoms. The topological polar surface area (TPSA) is 29.1 Å². The first kappa shape index (κ1) is 11.5. The Kier molecular flexibility index (Phi) is 2.92. The smallest absolute Gasteiger partial charge is 0.0959 e. The number of nitrogens with one attached hydrogen (secondary N) is 1. The molecular weight excluding hydrogens is 242 g/mol. The highest BCUT2D eigenvalue weighted by molar-refractivity contribution is 7.85. The summed E-state index contributed by atoms with van der Waals surface area (Å²) in [6.45, 7) is 2.09. The van der Waals surface area contributed by atoms with E-state index in [9.17, 15) is 4.21 Å². The summed E-state index contributed by atoms with van der Waals surface area (Å²) in [6, 6.07) is 14.8. The molecule has 0 aliphatic carbocycles. The fourth-order valence-electron chi connectivity index (χ4n) is 2.17. The summed E-state index contributed by atoms with van der Waals surface area (Å²) in [4.78, 5) is 0.944. The summed E-state index contributed by atoms with van der Waals surface area (Å²) in [7, 11) is -0.881. The van der Waals surface area contributed by atoms with Crippen LogP contribution < -0.4 is 5.32 Å². The molecule has 1 unspecified atom stereocenters. The third kappa shape index (κ3) is 2.18. The Morgan fingerprint density at radius 3 is 2.61 bits per heavy atom. The van der Waals surface area contributed by atoms with Crippen LogP contribution in [0.2, 0.25) is 0 Å². The molecule has 1 heterocycles. The van der Waals surface area contributed by atoms with E-state index < -0.39 is 10.8 Å². The molecule has 0 spiro atoms. The molecule has 92 valence electrons. The van der Waals surface area contributed by atoms with Crippen molar-refractivity contribution >= 4 is 16.5 Å². The fraction of sp³-hybridized carbons (Fsp3) is 0.200. The third-order valence-corrected chi connectivity index (χ3v) is 4.45. The average molecular weight is 257 g/mol. The van der Waals surface area contributed by atoms with E-state index in [1.54, 1.807) is 0 Å². The highest BCUT2D eigenvalue weighted by Gasteiger charge is 2.17. The third-order valence-electron chi connectivity index (χ3n) is 3.21. The van der Waals surface area contributed by atoms with Gasteiger partial charge in [0.15, 0.2) is 0 Å². The minimum Gasteiger partial charge on any atom is -0.372 e. The van der Waals surface area contributed by atoms with Crippen molar-refractivity contribution in [3.8, 4) is 0 Å². The molecule has 0 aromatic heterocycles. The first-order valence-electron chi connectivity index (χ1n) is 6.03. The van der Waals surface area contributed by atoms with Crippen LogP contribution in [0, 0.1) is 6.92 Å². The van der Waals surface area contributed by atoms with Gasteiger partial charge in [-0.15, -0.1) is 0 Å². The molecular formula is C15H15NOS. The van der Waals surface area contributed by atoms with Gasteiger partial charge in [-0.2, -0.15) is 0 Å². The average Bonchev–Trinajstić information content (AvgIpc) is 2.74. The van der Waals surface area contributed by atoms with E-state index in [1.807, 2.05) is 6.07 Å². The van der Waals surface area contributed by atoms with E-state index in [0.717, 1.165) is 17.0 Å². The maximum absolute atomic E-state index is 11.8. The highest BCUT2D eigenvalue weighted by Crippen LogP contribution is 2.27. The van der Waals surface area contributed by atoms with Gasteiger partial charge in [0, 0.05) is 0 Å². The van der Waals surface area contributed by atoms with Crippen LogP contribution in [-0.4, -0.2) is 10.1 Å².